The van der Waals surface area contributed by atoms with E-state index < -0.39 is 11.9 Å². The maximum Gasteiger partial charge on any atom is 0.336 e. The van der Waals surface area contributed by atoms with Crippen LogP contribution in [0.15, 0.2) is 82.5 Å². The highest BCUT2D eigenvalue weighted by molar-refractivity contribution is 8.01. The maximum atomic E-state index is 12.3. The number of hydrogen-bond acceptors (Lipinski definition) is 10. The summed E-state index contributed by atoms with van der Waals surface area (Å²) in [5, 5.41) is 0. The molecule has 2 aromatic carbocycles. The number of aromatic nitrogens is 2. The lowest BCUT2D eigenvalue weighted by atomic mass is 10.2. The first-order chi connectivity index (χ1) is 19.5. The number of benzene rings is 2. The van der Waals surface area contributed by atoms with Gasteiger partial charge in [0.15, 0.2) is 8.68 Å². The molecule has 0 saturated heterocycles. The van der Waals surface area contributed by atoms with Crippen LogP contribution in [0.2, 0.25) is 0 Å². The molecule has 0 amide bonds. The Hall–Kier alpha value is -2.92. The largest absolute Gasteiger partial charge is 0.423 e. The van der Waals surface area contributed by atoms with E-state index in [9.17, 15) is 9.59 Å². The van der Waals surface area contributed by atoms with Crippen molar-refractivity contribution in [3.05, 3.63) is 73.9 Å². The number of allylic oxidation sites excluding steroid dienone is 2. The second-order valence-corrected chi connectivity index (χ2v) is 13.4. The van der Waals surface area contributed by atoms with Gasteiger partial charge in [0.25, 0.3) is 0 Å². The third-order valence-corrected chi connectivity index (χ3v) is 10.0. The molecule has 10 heteroatoms. The molecule has 0 atom stereocenters. The molecule has 0 unspecified atom stereocenters. The van der Waals surface area contributed by atoms with Crippen LogP contribution < -0.4 is 9.47 Å². The van der Waals surface area contributed by atoms with Crippen molar-refractivity contribution in [2.45, 2.75) is 47.2 Å². The van der Waals surface area contributed by atoms with Crippen LogP contribution in [-0.2, 0) is 9.59 Å². The predicted molar refractivity (Wildman–Crippen MR) is 169 cm³/mol. The van der Waals surface area contributed by atoms with Crippen molar-refractivity contribution in [3.63, 3.8) is 0 Å². The van der Waals surface area contributed by atoms with Gasteiger partial charge in [-0.15, -0.1) is 35.8 Å². The Balaban J connectivity index is 1.26. The zero-order valence-corrected chi connectivity index (χ0v) is 25.3. The fourth-order valence-corrected chi connectivity index (χ4v) is 7.89. The van der Waals surface area contributed by atoms with Gasteiger partial charge in [-0.05, 0) is 62.8 Å². The fraction of sp³-hybridized carbons (Fsp3) is 0.267. The molecule has 40 heavy (non-hydrogen) atoms. The molecule has 0 aliphatic carbocycles. The third-order valence-electron chi connectivity index (χ3n) is 5.53. The van der Waals surface area contributed by atoms with Gasteiger partial charge in [-0.25, -0.2) is 19.6 Å². The van der Waals surface area contributed by atoms with E-state index in [0.29, 0.717) is 11.5 Å². The molecule has 0 aliphatic heterocycles. The Morgan fingerprint density at radius 2 is 1.18 bits per heavy atom. The normalized spacial score (nSPS) is 11.3. The molecule has 0 aliphatic rings. The minimum Gasteiger partial charge on any atom is -0.423 e. The maximum absolute atomic E-state index is 12.3. The van der Waals surface area contributed by atoms with Crippen molar-refractivity contribution in [1.82, 2.24) is 9.97 Å². The summed E-state index contributed by atoms with van der Waals surface area (Å²) >= 11 is 6.60. The van der Waals surface area contributed by atoms with Crippen LogP contribution in [0.3, 0.4) is 0 Å². The number of carbonyl (C=O) groups excluding carboxylic acids is 2. The molecule has 6 nitrogen and oxygen atoms in total. The summed E-state index contributed by atoms with van der Waals surface area (Å²) in [5.74, 6) is 1.48. The zero-order chi connectivity index (χ0) is 28.2. The molecular weight excluding hydrogens is 581 g/mol. The van der Waals surface area contributed by atoms with Crippen LogP contribution in [0.4, 0.5) is 0 Å². The summed E-state index contributed by atoms with van der Waals surface area (Å²) < 4.78 is 14.6. The van der Waals surface area contributed by atoms with Crippen LogP contribution in [0, 0.1) is 0 Å². The van der Waals surface area contributed by atoms with Crippen molar-refractivity contribution in [1.29, 1.82) is 0 Å². The van der Waals surface area contributed by atoms with Gasteiger partial charge in [0.1, 0.15) is 11.5 Å². The van der Waals surface area contributed by atoms with Gasteiger partial charge < -0.3 is 9.47 Å². The molecule has 2 aromatic heterocycles. The first-order valence-corrected chi connectivity index (χ1v) is 16.5. The molecule has 4 rings (SSSR count). The van der Waals surface area contributed by atoms with Crippen molar-refractivity contribution in [3.8, 4) is 11.5 Å². The molecule has 0 bridgehead atoms. The van der Waals surface area contributed by atoms with E-state index >= 15 is 0 Å². The number of esters is 2. The van der Waals surface area contributed by atoms with Gasteiger partial charge in [-0.2, -0.15) is 0 Å². The van der Waals surface area contributed by atoms with Crippen LogP contribution in [0.1, 0.15) is 38.5 Å². The quantitative estimate of drug-likeness (QED) is 0.0311. The Labute approximate surface area is 250 Å². The van der Waals surface area contributed by atoms with Crippen molar-refractivity contribution >= 4 is 78.6 Å². The first kappa shape index (κ1) is 30.0. The van der Waals surface area contributed by atoms with E-state index in [1.165, 1.54) is 0 Å². The van der Waals surface area contributed by atoms with E-state index in [2.05, 4.69) is 23.1 Å². The average Bonchev–Trinajstić information content (AvgIpc) is 3.54. The molecule has 2 heterocycles. The summed E-state index contributed by atoms with van der Waals surface area (Å²) in [4.78, 5) is 33.9. The molecule has 0 saturated carbocycles. The number of thioether (sulfide) groups is 2. The fourth-order valence-electron chi connectivity index (χ4n) is 3.55. The number of thiazole rings is 2. The summed E-state index contributed by atoms with van der Waals surface area (Å²) in [6, 6.07) is 10.6. The minimum atomic E-state index is -0.662. The molecule has 208 valence electrons. The molecule has 0 fully saturated rings. The predicted octanol–water partition coefficient (Wildman–Crippen LogP) is 8.87. The third kappa shape index (κ3) is 9.33. The number of rotatable bonds is 16. The standard InChI is InChI=1S/C30H30N2O4S4/c1-3-5-7-9-17-37-29-31-23-13-11-21(19-25(23)39-29)35-27(33)15-16-28(34)36-22-12-14-24-26(20-22)40-30(32-24)38-18-10-8-6-4-2/h3-4,11-16,19-20H,1-2,5-10,17-18H2/b16-15-. The van der Waals surface area contributed by atoms with Crippen LogP contribution >= 0.6 is 46.2 Å². The number of fused-ring (bicyclic) bond motifs is 2. The highest BCUT2D eigenvalue weighted by Crippen LogP contribution is 2.33. The van der Waals surface area contributed by atoms with Crippen LogP contribution in [0.5, 0.6) is 11.5 Å². The Bertz CT molecular complexity index is 1400. The molecule has 0 N–H and O–H groups in total. The highest BCUT2D eigenvalue weighted by Gasteiger charge is 2.10. The van der Waals surface area contributed by atoms with E-state index in [4.69, 9.17) is 9.47 Å². The summed E-state index contributed by atoms with van der Waals surface area (Å²) in [6.45, 7) is 7.50. The second kappa shape index (κ2) is 15.8. The lowest BCUT2D eigenvalue weighted by Crippen LogP contribution is -2.08. The van der Waals surface area contributed by atoms with Crippen molar-refractivity contribution in [2.75, 3.05) is 11.5 Å². The van der Waals surface area contributed by atoms with Crippen LogP contribution in [-0.4, -0.2) is 33.4 Å². The van der Waals surface area contributed by atoms with Crippen molar-refractivity contribution < 1.29 is 19.1 Å². The van der Waals surface area contributed by atoms with Gasteiger partial charge >= 0.3 is 11.9 Å². The monoisotopic (exact) mass is 610 g/mol. The highest BCUT2D eigenvalue weighted by atomic mass is 32.2. The summed E-state index contributed by atoms with van der Waals surface area (Å²) in [7, 11) is 0. The van der Waals surface area contributed by atoms with Crippen LogP contribution in [0.25, 0.3) is 20.4 Å². The van der Waals surface area contributed by atoms with E-state index in [1.807, 2.05) is 24.3 Å². The number of carbonyl (C=O) groups is 2. The Kier molecular flexibility index (Phi) is 11.8. The number of nitrogens with zero attached hydrogens (tertiary/aromatic N) is 2. The molecule has 0 spiro atoms. The van der Waals surface area contributed by atoms with E-state index in [-0.39, 0.29) is 0 Å². The Morgan fingerprint density at radius 3 is 1.60 bits per heavy atom. The summed E-state index contributed by atoms with van der Waals surface area (Å²) in [6.07, 6.45) is 12.5. The first-order valence-electron chi connectivity index (χ1n) is 12.9. The SMILES string of the molecule is C=CCCCCSc1nc2ccc(OC(=O)/C=C\C(=O)Oc3ccc4nc(SCCCCC=C)sc4c3)cc2s1. The molecule has 4 aromatic rings. The Morgan fingerprint density at radius 1 is 0.725 bits per heavy atom. The van der Waals surface area contributed by atoms with Gasteiger partial charge in [0.2, 0.25) is 0 Å². The topological polar surface area (TPSA) is 78.4 Å². The zero-order valence-electron chi connectivity index (χ0n) is 22.0. The smallest absolute Gasteiger partial charge is 0.336 e. The van der Waals surface area contributed by atoms with Gasteiger partial charge in [-0.3, -0.25) is 0 Å². The van der Waals surface area contributed by atoms with Gasteiger partial charge in [0.05, 0.1) is 20.4 Å². The summed E-state index contributed by atoms with van der Waals surface area (Å²) in [5.41, 5.74) is 1.73. The second-order valence-electron chi connectivity index (χ2n) is 8.66. The van der Waals surface area contributed by atoms with Gasteiger partial charge in [-0.1, -0.05) is 35.7 Å². The minimum absolute atomic E-state index is 0.395. The van der Waals surface area contributed by atoms with E-state index in [1.54, 1.807) is 70.5 Å². The average molecular weight is 611 g/mol. The van der Waals surface area contributed by atoms with Gasteiger partial charge in [0, 0.05) is 35.8 Å². The molecular formula is C30H30N2O4S4. The van der Waals surface area contributed by atoms with Crippen molar-refractivity contribution in [2.24, 2.45) is 0 Å². The number of hydrogen-bond donors (Lipinski definition) is 0. The number of unbranched alkanes of at least 4 members (excludes halogenated alkanes) is 4. The number of ether oxygens (including phenoxy) is 2. The lowest BCUT2D eigenvalue weighted by Gasteiger charge is -2.02. The van der Waals surface area contributed by atoms with E-state index in [0.717, 1.165) is 91.3 Å². The lowest BCUT2D eigenvalue weighted by molar-refractivity contribution is -0.131. The molecule has 0 radical (unpaired) electrons.